The zero-order chi connectivity index (χ0) is 9.56. The minimum absolute atomic E-state index is 1.08. The molecule has 0 aliphatic carbocycles. The van der Waals surface area contributed by atoms with Crippen molar-refractivity contribution >= 4 is 9.28 Å². The van der Waals surface area contributed by atoms with Crippen molar-refractivity contribution in [1.82, 2.24) is 9.13 Å². The van der Waals surface area contributed by atoms with E-state index in [1.54, 1.807) is 0 Å². The van der Waals surface area contributed by atoms with Crippen LogP contribution in [0.25, 0.3) is 0 Å². The molecule has 0 bridgehead atoms. The Balaban J connectivity index is 4.02. The SMILES string of the molecule is CCN(CC)[SiH](N)N(CC)CC. The predicted octanol–water partition coefficient (Wildman–Crippen LogP) is 0.346. The van der Waals surface area contributed by atoms with Gasteiger partial charge in [-0.05, 0) is 26.2 Å². The van der Waals surface area contributed by atoms with E-state index in [2.05, 4.69) is 36.8 Å². The van der Waals surface area contributed by atoms with Crippen LogP contribution in [0.4, 0.5) is 0 Å². The Labute approximate surface area is 78.4 Å². The quantitative estimate of drug-likeness (QED) is 0.612. The molecule has 0 spiro atoms. The number of hydrogen-bond donors (Lipinski definition) is 1. The van der Waals surface area contributed by atoms with Crippen LogP contribution in [0.3, 0.4) is 0 Å². The topological polar surface area (TPSA) is 32.5 Å². The molecule has 74 valence electrons. The highest BCUT2D eigenvalue weighted by molar-refractivity contribution is 6.48. The van der Waals surface area contributed by atoms with Crippen LogP contribution in [0.5, 0.6) is 0 Å². The van der Waals surface area contributed by atoms with Crippen LogP contribution in [-0.4, -0.2) is 44.6 Å². The maximum absolute atomic E-state index is 6.20. The van der Waals surface area contributed by atoms with Crippen molar-refractivity contribution in [1.29, 1.82) is 0 Å². The molecule has 2 N–H and O–H groups in total. The molecule has 0 unspecified atom stereocenters. The monoisotopic (exact) mass is 189 g/mol. The number of nitrogens with two attached hydrogens (primary N) is 1. The van der Waals surface area contributed by atoms with E-state index < -0.39 is 9.28 Å². The van der Waals surface area contributed by atoms with Gasteiger partial charge in [0, 0.05) is 0 Å². The molecule has 0 atom stereocenters. The van der Waals surface area contributed by atoms with Crippen LogP contribution in [0.1, 0.15) is 27.7 Å². The van der Waals surface area contributed by atoms with Gasteiger partial charge in [-0.25, -0.2) is 0 Å². The third kappa shape index (κ3) is 3.22. The first-order chi connectivity index (χ1) is 5.71. The molecule has 0 aliphatic rings. The minimum atomic E-state index is -1.27. The Morgan fingerprint density at radius 2 is 1.08 bits per heavy atom. The van der Waals surface area contributed by atoms with Crippen molar-refractivity contribution in [2.24, 2.45) is 5.40 Å². The summed E-state index contributed by atoms with van der Waals surface area (Å²) in [7, 11) is -1.27. The number of hydrogen-bond acceptors (Lipinski definition) is 3. The Bertz CT molecular complexity index is 90.5. The number of nitrogens with zero attached hydrogens (tertiary/aromatic N) is 2. The van der Waals surface area contributed by atoms with Gasteiger partial charge in [-0.15, -0.1) is 0 Å². The van der Waals surface area contributed by atoms with Gasteiger partial charge in [0.15, 0.2) is 0 Å². The molecule has 0 aromatic rings. The van der Waals surface area contributed by atoms with Crippen LogP contribution in [0.2, 0.25) is 0 Å². The van der Waals surface area contributed by atoms with E-state index in [-0.39, 0.29) is 0 Å². The van der Waals surface area contributed by atoms with E-state index in [1.807, 2.05) is 0 Å². The van der Waals surface area contributed by atoms with Crippen LogP contribution in [0.15, 0.2) is 0 Å². The van der Waals surface area contributed by atoms with E-state index in [0.29, 0.717) is 0 Å². The summed E-state index contributed by atoms with van der Waals surface area (Å²) >= 11 is 0. The maximum atomic E-state index is 6.20. The van der Waals surface area contributed by atoms with E-state index in [9.17, 15) is 0 Å². The molecule has 0 rings (SSSR count). The normalized spacial score (nSPS) is 12.0. The molecule has 0 amide bonds. The zero-order valence-corrected chi connectivity index (χ0v) is 10.0. The standard InChI is InChI=1S/C8H23N3Si/c1-5-10(6-2)12(9)11(7-3)8-4/h12H,5-9H2,1-4H3. The molecular formula is C8H23N3Si. The molecule has 0 aromatic heterocycles. The first kappa shape index (κ1) is 12.1. The lowest BCUT2D eigenvalue weighted by Gasteiger charge is -2.32. The van der Waals surface area contributed by atoms with Crippen LogP contribution >= 0.6 is 0 Å². The molecular weight excluding hydrogens is 166 g/mol. The lowest BCUT2D eigenvalue weighted by atomic mass is 10.7. The van der Waals surface area contributed by atoms with Crippen LogP contribution in [-0.2, 0) is 0 Å². The Kier molecular flexibility index (Phi) is 6.65. The molecule has 4 heteroatoms. The van der Waals surface area contributed by atoms with Gasteiger partial charge < -0.3 is 14.5 Å². The molecule has 0 saturated heterocycles. The number of rotatable bonds is 6. The molecule has 0 heterocycles. The smallest absolute Gasteiger partial charge is 0.267 e. The first-order valence-electron chi connectivity index (χ1n) is 4.94. The van der Waals surface area contributed by atoms with Crippen LogP contribution in [0, 0.1) is 0 Å². The Morgan fingerprint density at radius 3 is 1.25 bits per heavy atom. The fourth-order valence-electron chi connectivity index (χ4n) is 1.43. The first-order valence-corrected chi connectivity index (χ1v) is 6.64. The van der Waals surface area contributed by atoms with E-state index >= 15 is 0 Å². The van der Waals surface area contributed by atoms with Gasteiger partial charge in [-0.1, -0.05) is 27.7 Å². The van der Waals surface area contributed by atoms with E-state index in [4.69, 9.17) is 5.40 Å². The predicted molar refractivity (Wildman–Crippen MR) is 57.2 cm³/mol. The minimum Gasteiger partial charge on any atom is -0.329 e. The fourth-order valence-corrected chi connectivity index (χ4v) is 3.38. The summed E-state index contributed by atoms with van der Waals surface area (Å²) in [4.78, 5) is 0. The second-order valence-corrected chi connectivity index (χ2v) is 5.14. The maximum Gasteiger partial charge on any atom is 0.267 e. The molecule has 0 fully saturated rings. The highest BCUT2D eigenvalue weighted by Crippen LogP contribution is 1.95. The molecule has 12 heavy (non-hydrogen) atoms. The van der Waals surface area contributed by atoms with Gasteiger partial charge in [0.05, 0.1) is 0 Å². The molecule has 3 nitrogen and oxygen atoms in total. The van der Waals surface area contributed by atoms with Crippen molar-refractivity contribution in [3.05, 3.63) is 0 Å². The average Bonchev–Trinajstić information content (AvgIpc) is 2.09. The van der Waals surface area contributed by atoms with E-state index in [0.717, 1.165) is 26.2 Å². The average molecular weight is 189 g/mol. The summed E-state index contributed by atoms with van der Waals surface area (Å²) in [5.41, 5.74) is 0. The van der Waals surface area contributed by atoms with Gasteiger partial charge >= 0.3 is 0 Å². The molecule has 0 aromatic carbocycles. The zero-order valence-electron chi connectivity index (χ0n) is 8.88. The van der Waals surface area contributed by atoms with Crippen molar-refractivity contribution in [2.45, 2.75) is 27.7 Å². The summed E-state index contributed by atoms with van der Waals surface area (Å²) in [5.74, 6) is 0. The van der Waals surface area contributed by atoms with Crippen molar-refractivity contribution in [3.8, 4) is 0 Å². The van der Waals surface area contributed by atoms with Gasteiger partial charge in [0.1, 0.15) is 0 Å². The lowest BCUT2D eigenvalue weighted by Crippen LogP contribution is -2.59. The lowest BCUT2D eigenvalue weighted by molar-refractivity contribution is 0.378. The highest BCUT2D eigenvalue weighted by atomic mass is 28.3. The summed E-state index contributed by atoms with van der Waals surface area (Å²) in [6.45, 7) is 13.1. The van der Waals surface area contributed by atoms with Gasteiger partial charge in [0.2, 0.25) is 0 Å². The van der Waals surface area contributed by atoms with Gasteiger partial charge in [-0.3, -0.25) is 0 Å². The second-order valence-electron chi connectivity index (χ2n) is 2.86. The Hall–Kier alpha value is 0.0969. The van der Waals surface area contributed by atoms with Gasteiger partial charge in [-0.2, -0.15) is 0 Å². The largest absolute Gasteiger partial charge is 0.329 e. The second kappa shape index (κ2) is 6.60. The summed E-state index contributed by atoms with van der Waals surface area (Å²) in [6, 6.07) is 0. The summed E-state index contributed by atoms with van der Waals surface area (Å²) < 4.78 is 4.79. The third-order valence-electron chi connectivity index (χ3n) is 2.37. The molecule has 0 radical (unpaired) electrons. The fraction of sp³-hybridized carbons (Fsp3) is 1.00. The molecule has 0 saturated carbocycles. The van der Waals surface area contributed by atoms with Gasteiger partial charge in [0.25, 0.3) is 9.28 Å². The highest BCUT2D eigenvalue weighted by Gasteiger charge is 2.18. The molecule has 0 aliphatic heterocycles. The summed E-state index contributed by atoms with van der Waals surface area (Å²) in [6.07, 6.45) is 0. The third-order valence-corrected chi connectivity index (χ3v) is 5.33. The van der Waals surface area contributed by atoms with Crippen LogP contribution < -0.4 is 5.40 Å². The van der Waals surface area contributed by atoms with Crippen molar-refractivity contribution in [3.63, 3.8) is 0 Å². The summed E-state index contributed by atoms with van der Waals surface area (Å²) in [5, 5.41) is 6.20. The van der Waals surface area contributed by atoms with Crippen molar-refractivity contribution < 1.29 is 0 Å². The van der Waals surface area contributed by atoms with Crippen molar-refractivity contribution in [2.75, 3.05) is 26.2 Å². The Morgan fingerprint density at radius 1 is 0.833 bits per heavy atom. The van der Waals surface area contributed by atoms with E-state index in [1.165, 1.54) is 0 Å².